The highest BCUT2D eigenvalue weighted by atomic mass is 35.5. The van der Waals surface area contributed by atoms with E-state index in [0.29, 0.717) is 22.9 Å². The van der Waals surface area contributed by atoms with Gasteiger partial charge in [0.2, 0.25) is 15.9 Å². The second kappa shape index (κ2) is 11.0. The van der Waals surface area contributed by atoms with Gasteiger partial charge in [-0.15, -0.1) is 0 Å². The van der Waals surface area contributed by atoms with Crippen LogP contribution in [0.3, 0.4) is 0 Å². The van der Waals surface area contributed by atoms with E-state index in [2.05, 4.69) is 5.32 Å². The first-order valence-corrected chi connectivity index (χ1v) is 13.4. The van der Waals surface area contributed by atoms with Crippen molar-refractivity contribution < 1.29 is 22.7 Å². The predicted molar refractivity (Wildman–Crippen MR) is 139 cm³/mol. The molecule has 36 heavy (non-hydrogen) atoms. The van der Waals surface area contributed by atoms with Gasteiger partial charge in [0, 0.05) is 30.6 Å². The third-order valence-corrected chi connectivity index (χ3v) is 7.26. The Labute approximate surface area is 215 Å². The Hall–Kier alpha value is -3.56. The van der Waals surface area contributed by atoms with E-state index in [1.54, 1.807) is 37.4 Å². The summed E-state index contributed by atoms with van der Waals surface area (Å²) in [4.78, 5) is 27.6. The average Bonchev–Trinajstić information content (AvgIpc) is 3.32. The fraction of sp³-hybridized carbons (Fsp3) is 0.231. The smallest absolute Gasteiger partial charge is 0.329 e. The molecule has 0 saturated heterocycles. The summed E-state index contributed by atoms with van der Waals surface area (Å²) in [6.07, 6.45) is 0.938. The molecule has 1 atom stereocenters. The lowest BCUT2D eigenvalue weighted by atomic mass is 10.0. The third kappa shape index (κ3) is 6.56. The molecule has 1 aliphatic rings. The number of halogens is 1. The van der Waals surface area contributed by atoms with Crippen molar-refractivity contribution in [2.75, 3.05) is 18.6 Å². The van der Waals surface area contributed by atoms with E-state index in [9.17, 15) is 18.0 Å². The van der Waals surface area contributed by atoms with Gasteiger partial charge in [0.05, 0.1) is 12.4 Å². The number of urea groups is 1. The molecule has 1 heterocycles. The number of likely N-dealkylation sites (N-methyl/N-ethyl adjacent to an activating group) is 1. The Balaban J connectivity index is 1.49. The molecule has 188 valence electrons. The Morgan fingerprint density at radius 1 is 1.03 bits per heavy atom. The molecule has 8 nitrogen and oxygen atoms in total. The van der Waals surface area contributed by atoms with E-state index in [-0.39, 0.29) is 12.3 Å². The molecule has 0 fully saturated rings. The summed E-state index contributed by atoms with van der Waals surface area (Å²) in [5.74, 6) is -0.00165. The van der Waals surface area contributed by atoms with Crippen LogP contribution in [0, 0.1) is 0 Å². The Bertz CT molecular complexity index is 1350. The van der Waals surface area contributed by atoms with Gasteiger partial charge in [-0.2, -0.15) is 0 Å². The fourth-order valence-corrected chi connectivity index (χ4v) is 5.13. The zero-order chi connectivity index (χ0) is 25.7. The van der Waals surface area contributed by atoms with Crippen molar-refractivity contribution in [2.24, 2.45) is 0 Å². The van der Waals surface area contributed by atoms with Crippen LogP contribution in [0.2, 0.25) is 5.02 Å². The minimum atomic E-state index is -4.01. The van der Waals surface area contributed by atoms with Gasteiger partial charge < -0.3 is 15.0 Å². The van der Waals surface area contributed by atoms with Gasteiger partial charge >= 0.3 is 6.03 Å². The molecule has 10 heteroatoms. The molecule has 0 aliphatic carbocycles. The average molecular weight is 528 g/mol. The number of carbonyl (C=O) groups is 2. The van der Waals surface area contributed by atoms with Gasteiger partial charge in [0.1, 0.15) is 11.8 Å². The maximum absolute atomic E-state index is 13.5. The van der Waals surface area contributed by atoms with Crippen molar-refractivity contribution in [1.29, 1.82) is 0 Å². The van der Waals surface area contributed by atoms with Crippen molar-refractivity contribution in [3.05, 3.63) is 94.5 Å². The SMILES string of the molecule is CN(C(=O)[C@H](Cc1ccccc1)NC(=O)NS(=O)(=O)Cc1ccc(Cl)cc1)c1ccc2c(c1)CCO2. The van der Waals surface area contributed by atoms with Crippen molar-refractivity contribution in [2.45, 2.75) is 24.6 Å². The fourth-order valence-electron chi connectivity index (χ4n) is 3.96. The summed E-state index contributed by atoms with van der Waals surface area (Å²) >= 11 is 5.85. The van der Waals surface area contributed by atoms with Gasteiger partial charge in [-0.25, -0.2) is 17.9 Å². The number of hydrogen-bond donors (Lipinski definition) is 2. The molecule has 3 amide bonds. The first-order valence-electron chi connectivity index (χ1n) is 11.3. The Morgan fingerprint density at radius 2 is 1.75 bits per heavy atom. The molecule has 3 aromatic carbocycles. The molecule has 3 aromatic rings. The van der Waals surface area contributed by atoms with E-state index in [1.165, 1.54) is 4.90 Å². The van der Waals surface area contributed by atoms with Crippen LogP contribution in [0.5, 0.6) is 5.75 Å². The lowest BCUT2D eigenvalue weighted by Gasteiger charge is -2.25. The number of nitrogens with one attached hydrogen (secondary N) is 2. The standard InChI is InChI=1S/C26H26ClN3O5S/c1-30(22-11-12-24-20(16-22)13-14-35-24)25(31)23(15-18-5-3-2-4-6-18)28-26(32)29-36(33,34)17-19-7-9-21(27)10-8-19/h2-12,16,23H,13-15,17H2,1H3,(H2,28,29,32)/t23-/m0/s1. The van der Waals surface area contributed by atoms with Crippen LogP contribution in [0.4, 0.5) is 10.5 Å². The normalized spacial score (nSPS) is 13.3. The molecule has 0 spiro atoms. The van der Waals surface area contributed by atoms with E-state index >= 15 is 0 Å². The second-order valence-corrected chi connectivity index (χ2v) is 10.6. The van der Waals surface area contributed by atoms with Crippen LogP contribution >= 0.6 is 11.6 Å². The molecule has 0 saturated carbocycles. The van der Waals surface area contributed by atoms with Crippen molar-refractivity contribution in [3.8, 4) is 5.75 Å². The highest BCUT2D eigenvalue weighted by molar-refractivity contribution is 7.89. The molecule has 4 rings (SSSR count). The number of fused-ring (bicyclic) bond motifs is 1. The monoisotopic (exact) mass is 527 g/mol. The first kappa shape index (κ1) is 25.5. The topological polar surface area (TPSA) is 105 Å². The summed E-state index contributed by atoms with van der Waals surface area (Å²) in [6.45, 7) is 0.597. The van der Waals surface area contributed by atoms with Crippen LogP contribution in [-0.4, -0.2) is 40.1 Å². The van der Waals surface area contributed by atoms with Crippen molar-refractivity contribution in [3.63, 3.8) is 0 Å². The van der Waals surface area contributed by atoms with E-state index in [1.807, 2.05) is 47.2 Å². The number of rotatable bonds is 8. The van der Waals surface area contributed by atoms with Gasteiger partial charge in [-0.3, -0.25) is 4.79 Å². The molecule has 0 radical (unpaired) electrons. The number of amides is 3. The highest BCUT2D eigenvalue weighted by Gasteiger charge is 2.27. The summed E-state index contributed by atoms with van der Waals surface area (Å²) in [5, 5.41) is 3.03. The first-order chi connectivity index (χ1) is 17.2. The largest absolute Gasteiger partial charge is 0.493 e. The molecular weight excluding hydrogens is 502 g/mol. The number of carbonyl (C=O) groups excluding carboxylic acids is 2. The van der Waals surface area contributed by atoms with E-state index in [0.717, 1.165) is 23.3 Å². The molecular formula is C26H26ClN3O5S. The quantitative estimate of drug-likeness (QED) is 0.465. The number of anilines is 1. The maximum Gasteiger partial charge on any atom is 0.329 e. The zero-order valence-corrected chi connectivity index (χ0v) is 21.2. The van der Waals surface area contributed by atoms with Crippen LogP contribution in [0.25, 0.3) is 0 Å². The van der Waals surface area contributed by atoms with Crippen LogP contribution < -0.4 is 19.7 Å². The Morgan fingerprint density at radius 3 is 2.47 bits per heavy atom. The van der Waals surface area contributed by atoms with Gasteiger partial charge in [-0.1, -0.05) is 54.1 Å². The lowest BCUT2D eigenvalue weighted by Crippen LogP contribution is -2.52. The molecule has 2 N–H and O–H groups in total. The molecule has 0 bridgehead atoms. The number of hydrogen-bond acceptors (Lipinski definition) is 5. The molecule has 1 aliphatic heterocycles. The van der Waals surface area contributed by atoms with E-state index < -0.39 is 27.8 Å². The van der Waals surface area contributed by atoms with Crippen LogP contribution in [-0.2, 0) is 33.4 Å². The number of nitrogens with zero attached hydrogens (tertiary/aromatic N) is 1. The van der Waals surface area contributed by atoms with Gasteiger partial charge in [0.15, 0.2) is 0 Å². The summed E-state index contributed by atoms with van der Waals surface area (Å²) in [7, 11) is -2.39. The van der Waals surface area contributed by atoms with Gasteiger partial charge in [0.25, 0.3) is 0 Å². The summed E-state index contributed by atoms with van der Waals surface area (Å²) in [5.41, 5.74) is 2.94. The summed E-state index contributed by atoms with van der Waals surface area (Å²) < 4.78 is 32.7. The van der Waals surface area contributed by atoms with Crippen molar-refractivity contribution in [1.82, 2.24) is 10.0 Å². The molecule has 0 unspecified atom stereocenters. The van der Waals surface area contributed by atoms with Crippen molar-refractivity contribution >= 4 is 39.2 Å². The van der Waals surface area contributed by atoms with Crippen LogP contribution in [0.1, 0.15) is 16.7 Å². The minimum absolute atomic E-state index is 0.183. The van der Waals surface area contributed by atoms with Gasteiger partial charge in [-0.05, 0) is 47.0 Å². The Kier molecular flexibility index (Phi) is 7.81. The van der Waals surface area contributed by atoms with E-state index in [4.69, 9.17) is 16.3 Å². The maximum atomic E-state index is 13.5. The number of benzene rings is 3. The third-order valence-electron chi connectivity index (χ3n) is 5.80. The summed E-state index contributed by atoms with van der Waals surface area (Å²) in [6, 6.07) is 19.0. The lowest BCUT2D eigenvalue weighted by molar-refractivity contribution is -0.120. The highest BCUT2D eigenvalue weighted by Crippen LogP contribution is 2.29. The second-order valence-electron chi connectivity index (χ2n) is 8.49. The molecule has 0 aromatic heterocycles. The zero-order valence-electron chi connectivity index (χ0n) is 19.6. The number of sulfonamides is 1. The minimum Gasteiger partial charge on any atom is -0.493 e. The van der Waals surface area contributed by atoms with Crippen LogP contribution in [0.15, 0.2) is 72.8 Å². The predicted octanol–water partition coefficient (Wildman–Crippen LogP) is 3.68. The number of ether oxygens (including phenoxy) is 1.